The molecule has 1 saturated carbocycles. The molecule has 21 heavy (non-hydrogen) atoms. The zero-order valence-electron chi connectivity index (χ0n) is 13.0. The van der Waals surface area contributed by atoms with Gasteiger partial charge in [-0.15, -0.1) is 0 Å². The van der Waals surface area contributed by atoms with Crippen molar-refractivity contribution in [2.45, 2.75) is 44.9 Å². The highest BCUT2D eigenvalue weighted by molar-refractivity contribution is 5.92. The van der Waals surface area contributed by atoms with E-state index >= 15 is 0 Å². The second-order valence-corrected chi connectivity index (χ2v) is 5.85. The van der Waals surface area contributed by atoms with E-state index in [1.807, 2.05) is 13.1 Å². The van der Waals surface area contributed by atoms with Crippen molar-refractivity contribution in [1.29, 1.82) is 0 Å². The molecule has 0 unspecified atom stereocenters. The van der Waals surface area contributed by atoms with E-state index in [4.69, 9.17) is 9.72 Å². The second kappa shape index (κ2) is 6.33. The molecule has 3 rings (SSSR count). The molecule has 1 N–H and O–H groups in total. The predicted molar refractivity (Wildman–Crippen MR) is 88.3 cm³/mol. The number of pyridine rings is 1. The van der Waals surface area contributed by atoms with E-state index in [0.717, 1.165) is 35.4 Å². The number of hydrogen-bond acceptors (Lipinski definition) is 3. The van der Waals surface area contributed by atoms with Gasteiger partial charge in [-0.2, -0.15) is 0 Å². The summed E-state index contributed by atoms with van der Waals surface area (Å²) in [6, 6.07) is 8.44. The third kappa shape index (κ3) is 2.97. The van der Waals surface area contributed by atoms with Gasteiger partial charge in [0.15, 0.2) is 0 Å². The molecule has 0 amide bonds. The van der Waals surface area contributed by atoms with Crippen molar-refractivity contribution in [3.05, 3.63) is 30.0 Å². The van der Waals surface area contributed by atoms with E-state index < -0.39 is 0 Å². The van der Waals surface area contributed by atoms with Crippen LogP contribution in [0, 0.1) is 0 Å². The first-order valence-corrected chi connectivity index (χ1v) is 8.07. The van der Waals surface area contributed by atoms with E-state index in [-0.39, 0.29) is 0 Å². The molecule has 0 bridgehead atoms. The molecule has 2 aromatic rings. The number of aromatic nitrogens is 1. The van der Waals surface area contributed by atoms with Crippen LogP contribution in [0.2, 0.25) is 0 Å². The summed E-state index contributed by atoms with van der Waals surface area (Å²) in [4.78, 5) is 4.89. The van der Waals surface area contributed by atoms with Crippen LogP contribution in [0.5, 0.6) is 5.75 Å². The van der Waals surface area contributed by atoms with Crippen molar-refractivity contribution in [3.8, 4) is 5.75 Å². The van der Waals surface area contributed by atoms with Crippen LogP contribution in [0.4, 0.5) is 5.69 Å². The average molecular weight is 284 g/mol. The van der Waals surface area contributed by atoms with Gasteiger partial charge in [0.25, 0.3) is 0 Å². The van der Waals surface area contributed by atoms with Gasteiger partial charge in [-0.3, -0.25) is 4.98 Å². The summed E-state index contributed by atoms with van der Waals surface area (Å²) in [6.45, 7) is 2.88. The van der Waals surface area contributed by atoms with Crippen LogP contribution in [0.15, 0.2) is 24.3 Å². The van der Waals surface area contributed by atoms with Crippen LogP contribution >= 0.6 is 0 Å². The number of nitrogens with zero attached hydrogens (tertiary/aromatic N) is 1. The summed E-state index contributed by atoms with van der Waals surface area (Å²) in [5, 5.41) is 4.47. The first-order chi connectivity index (χ1) is 10.3. The Morgan fingerprint density at radius 2 is 2.05 bits per heavy atom. The molecule has 0 atom stereocenters. The molecule has 3 nitrogen and oxygen atoms in total. The molecule has 0 aliphatic heterocycles. The van der Waals surface area contributed by atoms with Gasteiger partial charge in [0, 0.05) is 29.7 Å². The van der Waals surface area contributed by atoms with Crippen molar-refractivity contribution in [3.63, 3.8) is 0 Å². The molecule has 3 heteroatoms. The number of nitrogens with one attached hydrogen (secondary N) is 1. The topological polar surface area (TPSA) is 34.1 Å². The SMILES string of the molecule is CCCOc1ccc2nc(C3CCCC3)cc(NC)c2c1. The molecule has 1 aliphatic carbocycles. The summed E-state index contributed by atoms with van der Waals surface area (Å²) in [7, 11) is 1.98. The van der Waals surface area contributed by atoms with E-state index in [1.54, 1.807) is 0 Å². The van der Waals surface area contributed by atoms with Gasteiger partial charge in [-0.05, 0) is 43.5 Å². The lowest BCUT2D eigenvalue weighted by molar-refractivity contribution is 0.318. The lowest BCUT2D eigenvalue weighted by Gasteiger charge is -2.14. The average Bonchev–Trinajstić information content (AvgIpc) is 3.06. The number of anilines is 1. The van der Waals surface area contributed by atoms with Crippen LogP contribution in [0.1, 0.15) is 50.6 Å². The zero-order chi connectivity index (χ0) is 14.7. The minimum absolute atomic E-state index is 0.637. The Morgan fingerprint density at radius 3 is 2.76 bits per heavy atom. The Bertz CT molecular complexity index is 618. The smallest absolute Gasteiger partial charge is 0.120 e. The van der Waals surface area contributed by atoms with Crippen molar-refractivity contribution < 1.29 is 4.74 Å². The minimum Gasteiger partial charge on any atom is -0.494 e. The summed E-state index contributed by atoms with van der Waals surface area (Å²) in [6.07, 6.45) is 6.25. The van der Waals surface area contributed by atoms with Gasteiger partial charge in [0.2, 0.25) is 0 Å². The molecule has 1 aliphatic rings. The van der Waals surface area contributed by atoms with Gasteiger partial charge in [0.05, 0.1) is 12.1 Å². The van der Waals surface area contributed by atoms with Crippen LogP contribution < -0.4 is 10.1 Å². The third-order valence-electron chi connectivity index (χ3n) is 4.32. The third-order valence-corrected chi connectivity index (χ3v) is 4.32. The summed E-state index contributed by atoms with van der Waals surface area (Å²) in [5.41, 5.74) is 3.46. The molecule has 1 aromatic carbocycles. The number of rotatable bonds is 5. The van der Waals surface area contributed by atoms with E-state index in [2.05, 4.69) is 30.4 Å². The normalized spacial score (nSPS) is 15.5. The van der Waals surface area contributed by atoms with Crippen molar-refractivity contribution >= 4 is 16.6 Å². The number of benzene rings is 1. The molecule has 0 spiro atoms. The Kier molecular flexibility index (Phi) is 4.28. The molecule has 0 saturated heterocycles. The molecule has 1 fully saturated rings. The standard InChI is InChI=1S/C18H24N2O/c1-3-10-21-14-8-9-16-15(11-14)18(19-2)12-17(20-16)13-6-4-5-7-13/h8-9,11-13H,3-7,10H2,1-2H3,(H,19,20). The predicted octanol–water partition coefficient (Wildman–Crippen LogP) is 4.72. The number of fused-ring (bicyclic) bond motifs is 1. The zero-order valence-corrected chi connectivity index (χ0v) is 13.0. The highest BCUT2D eigenvalue weighted by atomic mass is 16.5. The molecular formula is C18H24N2O. The van der Waals surface area contributed by atoms with Gasteiger partial charge < -0.3 is 10.1 Å². The fraction of sp³-hybridized carbons (Fsp3) is 0.500. The fourth-order valence-corrected chi connectivity index (χ4v) is 3.17. The Hall–Kier alpha value is -1.77. The van der Waals surface area contributed by atoms with Gasteiger partial charge in [-0.25, -0.2) is 0 Å². The first kappa shape index (κ1) is 14.2. The van der Waals surface area contributed by atoms with Gasteiger partial charge >= 0.3 is 0 Å². The molecule has 0 radical (unpaired) electrons. The van der Waals surface area contributed by atoms with E-state index in [9.17, 15) is 0 Å². The minimum atomic E-state index is 0.637. The van der Waals surface area contributed by atoms with Crippen molar-refractivity contribution in [2.24, 2.45) is 0 Å². The lowest BCUT2D eigenvalue weighted by atomic mass is 10.0. The monoisotopic (exact) mass is 284 g/mol. The highest BCUT2D eigenvalue weighted by Crippen LogP contribution is 2.36. The van der Waals surface area contributed by atoms with Crippen molar-refractivity contribution in [2.75, 3.05) is 19.0 Å². The first-order valence-electron chi connectivity index (χ1n) is 8.07. The summed E-state index contributed by atoms with van der Waals surface area (Å²) >= 11 is 0. The highest BCUT2D eigenvalue weighted by Gasteiger charge is 2.19. The number of hydrogen-bond donors (Lipinski definition) is 1. The van der Waals surface area contributed by atoms with Gasteiger partial charge in [-0.1, -0.05) is 19.8 Å². The lowest BCUT2D eigenvalue weighted by Crippen LogP contribution is -2.01. The number of ether oxygens (including phenoxy) is 1. The van der Waals surface area contributed by atoms with Crippen LogP contribution in [-0.4, -0.2) is 18.6 Å². The molecule has 112 valence electrons. The van der Waals surface area contributed by atoms with Crippen molar-refractivity contribution in [1.82, 2.24) is 4.98 Å². The molecular weight excluding hydrogens is 260 g/mol. The van der Waals surface area contributed by atoms with E-state index in [0.29, 0.717) is 5.92 Å². The maximum absolute atomic E-state index is 5.74. The largest absolute Gasteiger partial charge is 0.494 e. The Labute approximate surface area is 126 Å². The molecule has 1 aromatic heterocycles. The molecule has 1 heterocycles. The second-order valence-electron chi connectivity index (χ2n) is 5.85. The van der Waals surface area contributed by atoms with Crippen LogP contribution in [0.25, 0.3) is 10.9 Å². The summed E-state index contributed by atoms with van der Waals surface area (Å²) < 4.78 is 5.74. The maximum Gasteiger partial charge on any atom is 0.120 e. The van der Waals surface area contributed by atoms with Gasteiger partial charge in [0.1, 0.15) is 5.75 Å². The van der Waals surface area contributed by atoms with Crippen LogP contribution in [-0.2, 0) is 0 Å². The van der Waals surface area contributed by atoms with E-state index in [1.165, 1.54) is 31.4 Å². The maximum atomic E-state index is 5.74. The Morgan fingerprint density at radius 1 is 1.24 bits per heavy atom. The fourth-order valence-electron chi connectivity index (χ4n) is 3.17. The quantitative estimate of drug-likeness (QED) is 0.862. The summed E-state index contributed by atoms with van der Waals surface area (Å²) in [5.74, 6) is 1.56. The van der Waals surface area contributed by atoms with Crippen LogP contribution in [0.3, 0.4) is 0 Å². The Balaban J connectivity index is 2.00.